The summed E-state index contributed by atoms with van der Waals surface area (Å²) in [7, 11) is 0. The van der Waals surface area contributed by atoms with Gasteiger partial charge in [0, 0.05) is 25.1 Å². The molecule has 136 valence electrons. The lowest BCUT2D eigenvalue weighted by Gasteiger charge is -2.17. The molecular formula is C20H20F2N2O2. The van der Waals surface area contributed by atoms with E-state index in [1.807, 2.05) is 6.07 Å². The van der Waals surface area contributed by atoms with E-state index in [0.717, 1.165) is 30.7 Å². The summed E-state index contributed by atoms with van der Waals surface area (Å²) in [4.78, 5) is 26.0. The van der Waals surface area contributed by atoms with Gasteiger partial charge in [-0.05, 0) is 48.7 Å². The SMILES string of the molecule is CC(NC(=O)c1cccc(CN2CCCC2=O)c1)c1ccc(F)c(F)c1. The van der Waals surface area contributed by atoms with Crippen molar-refractivity contribution in [3.8, 4) is 0 Å². The van der Waals surface area contributed by atoms with Crippen LogP contribution in [0.15, 0.2) is 42.5 Å². The third kappa shape index (κ3) is 4.07. The molecule has 0 radical (unpaired) electrons. The topological polar surface area (TPSA) is 49.4 Å². The Morgan fingerprint density at radius 3 is 2.69 bits per heavy atom. The molecule has 0 aromatic heterocycles. The van der Waals surface area contributed by atoms with Gasteiger partial charge in [-0.1, -0.05) is 18.2 Å². The number of likely N-dealkylation sites (tertiary alicyclic amines) is 1. The summed E-state index contributed by atoms with van der Waals surface area (Å²) < 4.78 is 26.4. The van der Waals surface area contributed by atoms with Crippen molar-refractivity contribution in [2.24, 2.45) is 0 Å². The van der Waals surface area contributed by atoms with Crippen LogP contribution in [0.1, 0.15) is 47.3 Å². The fraction of sp³-hybridized carbons (Fsp3) is 0.300. The predicted octanol–water partition coefficient (Wildman–Crippen LogP) is 3.58. The fourth-order valence-electron chi connectivity index (χ4n) is 3.05. The molecule has 1 atom stereocenters. The average Bonchev–Trinajstić information content (AvgIpc) is 3.02. The first kappa shape index (κ1) is 18.0. The molecule has 0 bridgehead atoms. The van der Waals surface area contributed by atoms with Gasteiger partial charge in [0.25, 0.3) is 5.91 Å². The molecule has 4 nitrogen and oxygen atoms in total. The zero-order chi connectivity index (χ0) is 18.7. The maximum absolute atomic E-state index is 13.4. The molecule has 1 heterocycles. The van der Waals surface area contributed by atoms with E-state index in [9.17, 15) is 18.4 Å². The number of nitrogens with one attached hydrogen (secondary N) is 1. The molecule has 1 aliphatic heterocycles. The first-order chi connectivity index (χ1) is 12.4. The zero-order valence-corrected chi connectivity index (χ0v) is 14.5. The first-order valence-electron chi connectivity index (χ1n) is 8.56. The van der Waals surface area contributed by atoms with Crippen LogP contribution in [-0.2, 0) is 11.3 Å². The monoisotopic (exact) mass is 358 g/mol. The Morgan fingerprint density at radius 1 is 1.19 bits per heavy atom. The van der Waals surface area contributed by atoms with Crippen LogP contribution in [0.5, 0.6) is 0 Å². The fourth-order valence-corrected chi connectivity index (χ4v) is 3.05. The number of halogens is 2. The van der Waals surface area contributed by atoms with Gasteiger partial charge >= 0.3 is 0 Å². The summed E-state index contributed by atoms with van der Waals surface area (Å²) in [5, 5.41) is 2.78. The smallest absolute Gasteiger partial charge is 0.251 e. The van der Waals surface area contributed by atoms with E-state index < -0.39 is 17.7 Å². The molecule has 2 aromatic carbocycles. The van der Waals surface area contributed by atoms with Crippen molar-refractivity contribution >= 4 is 11.8 Å². The molecule has 1 aliphatic rings. The molecule has 0 aliphatic carbocycles. The minimum absolute atomic E-state index is 0.131. The van der Waals surface area contributed by atoms with Crippen molar-refractivity contribution in [2.45, 2.75) is 32.4 Å². The summed E-state index contributed by atoms with van der Waals surface area (Å²) >= 11 is 0. The van der Waals surface area contributed by atoms with Gasteiger partial charge in [-0.3, -0.25) is 9.59 Å². The van der Waals surface area contributed by atoms with Gasteiger partial charge in [-0.15, -0.1) is 0 Å². The van der Waals surface area contributed by atoms with Gasteiger partial charge in [0.15, 0.2) is 11.6 Å². The number of hydrogen-bond donors (Lipinski definition) is 1. The molecule has 1 fully saturated rings. The quantitative estimate of drug-likeness (QED) is 0.888. The molecule has 2 aromatic rings. The maximum atomic E-state index is 13.4. The van der Waals surface area contributed by atoms with Crippen molar-refractivity contribution in [2.75, 3.05) is 6.54 Å². The largest absolute Gasteiger partial charge is 0.346 e. The molecular weight excluding hydrogens is 338 g/mol. The Labute approximate surface area is 150 Å². The standard InChI is InChI=1S/C20H20F2N2O2/c1-13(15-7-8-17(21)18(22)11-15)23-20(26)16-5-2-4-14(10-16)12-24-9-3-6-19(24)25/h2,4-5,7-8,10-11,13H,3,6,9,12H2,1H3,(H,23,26). The lowest BCUT2D eigenvalue weighted by Crippen LogP contribution is -2.27. The highest BCUT2D eigenvalue weighted by Gasteiger charge is 2.20. The number of rotatable bonds is 5. The molecule has 0 spiro atoms. The predicted molar refractivity (Wildman–Crippen MR) is 93.3 cm³/mol. The van der Waals surface area contributed by atoms with Gasteiger partial charge in [0.2, 0.25) is 5.91 Å². The third-order valence-corrected chi connectivity index (χ3v) is 4.53. The van der Waals surface area contributed by atoms with Crippen LogP contribution in [0.4, 0.5) is 8.78 Å². The minimum atomic E-state index is -0.944. The number of carbonyl (C=O) groups excluding carboxylic acids is 2. The van der Waals surface area contributed by atoms with Gasteiger partial charge in [-0.25, -0.2) is 8.78 Å². The molecule has 1 unspecified atom stereocenters. The Kier molecular flexibility index (Phi) is 5.30. The lowest BCUT2D eigenvalue weighted by molar-refractivity contribution is -0.128. The van der Waals surface area contributed by atoms with E-state index in [1.165, 1.54) is 6.07 Å². The highest BCUT2D eigenvalue weighted by molar-refractivity contribution is 5.94. The van der Waals surface area contributed by atoms with E-state index in [0.29, 0.717) is 24.1 Å². The van der Waals surface area contributed by atoms with Crippen LogP contribution in [-0.4, -0.2) is 23.3 Å². The van der Waals surface area contributed by atoms with E-state index in [1.54, 1.807) is 30.0 Å². The average molecular weight is 358 g/mol. The number of benzene rings is 2. The van der Waals surface area contributed by atoms with Crippen molar-refractivity contribution in [3.63, 3.8) is 0 Å². The molecule has 26 heavy (non-hydrogen) atoms. The summed E-state index contributed by atoms with van der Waals surface area (Å²) in [6.07, 6.45) is 1.44. The minimum Gasteiger partial charge on any atom is -0.346 e. The van der Waals surface area contributed by atoms with Gasteiger partial charge in [0.1, 0.15) is 0 Å². The van der Waals surface area contributed by atoms with Crippen molar-refractivity contribution in [3.05, 3.63) is 70.8 Å². The number of nitrogens with zero attached hydrogens (tertiary/aromatic N) is 1. The van der Waals surface area contributed by atoms with Crippen molar-refractivity contribution in [1.82, 2.24) is 10.2 Å². The lowest BCUT2D eigenvalue weighted by atomic mass is 10.1. The van der Waals surface area contributed by atoms with Crippen LogP contribution in [0.2, 0.25) is 0 Å². The Balaban J connectivity index is 1.68. The second-order valence-corrected chi connectivity index (χ2v) is 6.49. The third-order valence-electron chi connectivity index (χ3n) is 4.53. The summed E-state index contributed by atoms with van der Waals surface area (Å²) in [6.45, 7) is 2.93. The molecule has 1 N–H and O–H groups in total. The number of amides is 2. The summed E-state index contributed by atoms with van der Waals surface area (Å²) in [6, 6.07) is 10.2. The normalized spacial score (nSPS) is 15.2. The molecule has 3 rings (SSSR count). The van der Waals surface area contributed by atoms with Crippen LogP contribution in [0.25, 0.3) is 0 Å². The molecule has 6 heteroatoms. The van der Waals surface area contributed by atoms with Crippen LogP contribution >= 0.6 is 0 Å². The van der Waals surface area contributed by atoms with E-state index in [4.69, 9.17) is 0 Å². The Morgan fingerprint density at radius 2 is 2.00 bits per heavy atom. The highest BCUT2D eigenvalue weighted by atomic mass is 19.2. The van der Waals surface area contributed by atoms with Crippen LogP contribution in [0.3, 0.4) is 0 Å². The van der Waals surface area contributed by atoms with E-state index >= 15 is 0 Å². The van der Waals surface area contributed by atoms with Gasteiger partial charge in [0.05, 0.1) is 6.04 Å². The number of hydrogen-bond acceptors (Lipinski definition) is 2. The highest BCUT2D eigenvalue weighted by Crippen LogP contribution is 2.18. The van der Waals surface area contributed by atoms with Crippen molar-refractivity contribution < 1.29 is 18.4 Å². The van der Waals surface area contributed by atoms with E-state index in [2.05, 4.69) is 5.32 Å². The van der Waals surface area contributed by atoms with Crippen molar-refractivity contribution in [1.29, 1.82) is 0 Å². The molecule has 2 amide bonds. The Hall–Kier alpha value is -2.76. The van der Waals surface area contributed by atoms with E-state index in [-0.39, 0.29) is 11.8 Å². The molecule has 1 saturated heterocycles. The first-order valence-corrected chi connectivity index (χ1v) is 8.56. The molecule has 0 saturated carbocycles. The van der Waals surface area contributed by atoms with Gasteiger partial charge in [-0.2, -0.15) is 0 Å². The van der Waals surface area contributed by atoms with Crippen LogP contribution in [0, 0.1) is 11.6 Å². The maximum Gasteiger partial charge on any atom is 0.251 e. The Bertz CT molecular complexity index is 838. The second kappa shape index (κ2) is 7.64. The summed E-state index contributed by atoms with van der Waals surface area (Å²) in [5.41, 5.74) is 1.83. The second-order valence-electron chi connectivity index (χ2n) is 6.49. The zero-order valence-electron chi connectivity index (χ0n) is 14.5. The number of carbonyl (C=O) groups is 2. The van der Waals surface area contributed by atoms with Crippen LogP contribution < -0.4 is 5.32 Å². The van der Waals surface area contributed by atoms with Gasteiger partial charge < -0.3 is 10.2 Å². The summed E-state index contributed by atoms with van der Waals surface area (Å²) in [5.74, 6) is -2.04.